The van der Waals surface area contributed by atoms with Crippen LogP contribution in [0.25, 0.3) is 0 Å². The standard InChI is InChI=1S/C21H38N4O7/c1-7-12(6)17(25-18(28)15(22)10(2)3)20(30)24-16(11(4)5)19(29)23-13(21(31)32)8-9-14(26)27/h10-13,15-17H,7-9,22H2,1-6H3,(H,23,29)(H,24,30)(H,25,28)(H,26,27)(H,31,32). The number of hydrogen-bond donors (Lipinski definition) is 6. The third kappa shape index (κ3) is 9.63. The summed E-state index contributed by atoms with van der Waals surface area (Å²) in [6, 6.07) is -4.24. The van der Waals surface area contributed by atoms with Crippen LogP contribution in [-0.4, -0.2) is 64.0 Å². The Hall–Kier alpha value is -2.69. The van der Waals surface area contributed by atoms with Gasteiger partial charge < -0.3 is 31.9 Å². The van der Waals surface area contributed by atoms with Crippen molar-refractivity contribution in [3.05, 3.63) is 0 Å². The van der Waals surface area contributed by atoms with Crippen LogP contribution in [-0.2, 0) is 24.0 Å². The fourth-order valence-corrected chi connectivity index (χ4v) is 2.82. The molecular weight excluding hydrogens is 420 g/mol. The Morgan fingerprint density at radius 3 is 1.69 bits per heavy atom. The average Bonchev–Trinajstić information content (AvgIpc) is 2.70. The van der Waals surface area contributed by atoms with E-state index in [2.05, 4.69) is 16.0 Å². The highest BCUT2D eigenvalue weighted by atomic mass is 16.4. The van der Waals surface area contributed by atoms with Crippen molar-refractivity contribution >= 4 is 29.7 Å². The van der Waals surface area contributed by atoms with Crippen molar-refractivity contribution in [2.24, 2.45) is 23.5 Å². The third-order valence-electron chi connectivity index (χ3n) is 5.32. The molecule has 0 saturated carbocycles. The van der Waals surface area contributed by atoms with E-state index in [0.29, 0.717) is 6.42 Å². The zero-order valence-electron chi connectivity index (χ0n) is 19.7. The summed E-state index contributed by atoms with van der Waals surface area (Å²) in [6.07, 6.45) is -0.161. The lowest BCUT2D eigenvalue weighted by Gasteiger charge is -2.29. The number of carbonyl (C=O) groups is 5. The van der Waals surface area contributed by atoms with Gasteiger partial charge in [0.25, 0.3) is 0 Å². The second kappa shape index (κ2) is 13.7. The van der Waals surface area contributed by atoms with Gasteiger partial charge in [0.1, 0.15) is 18.1 Å². The van der Waals surface area contributed by atoms with Crippen LogP contribution in [0.15, 0.2) is 0 Å². The first-order valence-electron chi connectivity index (χ1n) is 10.8. The lowest BCUT2D eigenvalue weighted by molar-refractivity contribution is -0.143. The molecule has 0 saturated heterocycles. The highest BCUT2D eigenvalue weighted by molar-refractivity contribution is 5.94. The number of carbonyl (C=O) groups excluding carboxylic acids is 3. The molecule has 0 bridgehead atoms. The molecule has 0 aliphatic heterocycles. The van der Waals surface area contributed by atoms with E-state index in [0.717, 1.165) is 0 Å². The van der Waals surface area contributed by atoms with Crippen LogP contribution in [0.5, 0.6) is 0 Å². The van der Waals surface area contributed by atoms with Gasteiger partial charge in [0.2, 0.25) is 17.7 Å². The highest BCUT2D eigenvalue weighted by Crippen LogP contribution is 2.12. The smallest absolute Gasteiger partial charge is 0.326 e. The number of hydrogen-bond acceptors (Lipinski definition) is 6. The summed E-state index contributed by atoms with van der Waals surface area (Å²) < 4.78 is 0. The largest absolute Gasteiger partial charge is 0.481 e. The summed E-state index contributed by atoms with van der Waals surface area (Å²) in [5, 5.41) is 25.6. The monoisotopic (exact) mass is 458 g/mol. The molecule has 0 aromatic carbocycles. The molecule has 184 valence electrons. The molecule has 0 radical (unpaired) electrons. The molecule has 0 rings (SSSR count). The Bertz CT molecular complexity index is 681. The number of carboxylic acid groups (broad SMARTS) is 2. The molecule has 32 heavy (non-hydrogen) atoms. The van der Waals surface area contributed by atoms with E-state index in [1.807, 2.05) is 6.92 Å². The van der Waals surface area contributed by atoms with Gasteiger partial charge in [-0.3, -0.25) is 19.2 Å². The van der Waals surface area contributed by atoms with E-state index in [9.17, 15) is 29.1 Å². The van der Waals surface area contributed by atoms with Crippen molar-refractivity contribution in [3.8, 4) is 0 Å². The van der Waals surface area contributed by atoms with E-state index in [-0.39, 0.29) is 18.3 Å². The van der Waals surface area contributed by atoms with Crippen molar-refractivity contribution in [2.75, 3.05) is 0 Å². The van der Waals surface area contributed by atoms with Gasteiger partial charge in [-0.1, -0.05) is 48.0 Å². The fourth-order valence-electron chi connectivity index (χ4n) is 2.82. The first kappa shape index (κ1) is 29.3. The Morgan fingerprint density at radius 2 is 1.28 bits per heavy atom. The molecular formula is C21H38N4O7. The van der Waals surface area contributed by atoms with Gasteiger partial charge >= 0.3 is 11.9 Å². The quantitative estimate of drug-likeness (QED) is 0.211. The lowest BCUT2D eigenvalue weighted by Crippen LogP contribution is -2.60. The van der Waals surface area contributed by atoms with Crippen molar-refractivity contribution < 1.29 is 34.2 Å². The minimum atomic E-state index is -1.41. The zero-order valence-corrected chi connectivity index (χ0v) is 19.7. The van der Waals surface area contributed by atoms with Gasteiger partial charge in [-0.25, -0.2) is 4.79 Å². The predicted octanol–water partition coefficient (Wildman–Crippen LogP) is 0.0756. The van der Waals surface area contributed by atoms with E-state index < -0.39 is 66.2 Å². The van der Waals surface area contributed by atoms with E-state index in [1.165, 1.54) is 0 Å². The highest BCUT2D eigenvalue weighted by Gasteiger charge is 2.34. The summed E-state index contributed by atoms with van der Waals surface area (Å²) in [5.74, 6) is -5.18. The molecule has 0 aromatic rings. The van der Waals surface area contributed by atoms with Crippen LogP contribution in [0.2, 0.25) is 0 Å². The van der Waals surface area contributed by atoms with Crippen molar-refractivity contribution in [1.29, 1.82) is 0 Å². The van der Waals surface area contributed by atoms with Gasteiger partial charge in [-0.2, -0.15) is 0 Å². The molecule has 5 atom stereocenters. The first-order valence-corrected chi connectivity index (χ1v) is 10.8. The molecule has 0 fully saturated rings. The van der Waals surface area contributed by atoms with E-state index in [1.54, 1.807) is 34.6 Å². The molecule has 0 heterocycles. The van der Waals surface area contributed by atoms with Crippen LogP contribution >= 0.6 is 0 Å². The van der Waals surface area contributed by atoms with Crippen LogP contribution in [0.1, 0.15) is 60.8 Å². The van der Waals surface area contributed by atoms with Gasteiger partial charge in [0.15, 0.2) is 0 Å². The lowest BCUT2D eigenvalue weighted by atomic mass is 9.95. The Kier molecular flexibility index (Phi) is 12.5. The van der Waals surface area contributed by atoms with E-state index >= 15 is 0 Å². The van der Waals surface area contributed by atoms with Gasteiger partial charge in [0, 0.05) is 6.42 Å². The molecule has 5 unspecified atom stereocenters. The summed E-state index contributed by atoms with van der Waals surface area (Å²) in [6.45, 7) is 10.5. The van der Waals surface area contributed by atoms with Crippen LogP contribution in [0, 0.1) is 17.8 Å². The fraction of sp³-hybridized carbons (Fsp3) is 0.762. The maximum Gasteiger partial charge on any atom is 0.326 e. The van der Waals surface area contributed by atoms with Crippen LogP contribution in [0.3, 0.4) is 0 Å². The predicted molar refractivity (Wildman–Crippen MR) is 117 cm³/mol. The van der Waals surface area contributed by atoms with Crippen LogP contribution < -0.4 is 21.7 Å². The Morgan fingerprint density at radius 1 is 0.781 bits per heavy atom. The maximum atomic E-state index is 13.0. The molecule has 3 amide bonds. The Labute approximate surface area is 188 Å². The van der Waals surface area contributed by atoms with Crippen LogP contribution in [0.4, 0.5) is 0 Å². The molecule has 0 aliphatic rings. The van der Waals surface area contributed by atoms with Gasteiger partial charge in [0.05, 0.1) is 6.04 Å². The summed E-state index contributed by atoms with van der Waals surface area (Å²) in [5.41, 5.74) is 5.88. The first-order chi connectivity index (χ1) is 14.7. The van der Waals surface area contributed by atoms with Gasteiger partial charge in [-0.05, 0) is 24.2 Å². The maximum absolute atomic E-state index is 13.0. The number of amides is 3. The molecule has 0 spiro atoms. The average molecular weight is 459 g/mol. The molecule has 0 aliphatic carbocycles. The second-order valence-corrected chi connectivity index (χ2v) is 8.70. The molecule has 11 nitrogen and oxygen atoms in total. The summed E-state index contributed by atoms with van der Waals surface area (Å²) >= 11 is 0. The Balaban J connectivity index is 5.48. The normalized spacial score (nSPS) is 15.9. The van der Waals surface area contributed by atoms with Gasteiger partial charge in [-0.15, -0.1) is 0 Å². The third-order valence-corrected chi connectivity index (χ3v) is 5.32. The second-order valence-electron chi connectivity index (χ2n) is 8.70. The number of nitrogens with one attached hydrogen (secondary N) is 3. The minimum Gasteiger partial charge on any atom is -0.481 e. The number of nitrogens with two attached hydrogens (primary N) is 1. The van der Waals surface area contributed by atoms with Crippen molar-refractivity contribution in [3.63, 3.8) is 0 Å². The van der Waals surface area contributed by atoms with Crippen molar-refractivity contribution in [2.45, 2.75) is 85.0 Å². The number of carboxylic acids is 2. The summed E-state index contributed by atoms with van der Waals surface area (Å²) in [7, 11) is 0. The number of aliphatic carboxylic acids is 2. The number of rotatable bonds is 14. The molecule has 7 N–H and O–H groups in total. The molecule has 0 aromatic heterocycles. The van der Waals surface area contributed by atoms with E-state index in [4.69, 9.17) is 10.8 Å². The van der Waals surface area contributed by atoms with Crippen molar-refractivity contribution in [1.82, 2.24) is 16.0 Å². The SMILES string of the molecule is CCC(C)C(NC(=O)C(N)C(C)C)C(=O)NC(C(=O)NC(CCC(=O)O)C(=O)O)C(C)C. The summed E-state index contributed by atoms with van der Waals surface area (Å²) in [4.78, 5) is 60.2. The minimum absolute atomic E-state index is 0.136. The zero-order chi connectivity index (χ0) is 25.2. The molecule has 11 heteroatoms. The topological polar surface area (TPSA) is 188 Å².